The Kier molecular flexibility index (Phi) is 7.05. The van der Waals surface area contributed by atoms with E-state index in [2.05, 4.69) is 25.1 Å². The van der Waals surface area contributed by atoms with Gasteiger partial charge in [-0.05, 0) is 66.3 Å². The van der Waals surface area contributed by atoms with Gasteiger partial charge in [-0.3, -0.25) is 4.79 Å². The fourth-order valence-electron chi connectivity index (χ4n) is 5.19. The van der Waals surface area contributed by atoms with Crippen molar-refractivity contribution in [2.45, 2.75) is 64.7 Å². The molecule has 0 aliphatic heterocycles. The highest BCUT2D eigenvalue weighted by molar-refractivity contribution is 5.67. The number of aryl methyl sites for hydroxylation is 3. The van der Waals surface area contributed by atoms with Crippen molar-refractivity contribution in [3.8, 4) is 17.0 Å². The van der Waals surface area contributed by atoms with Crippen molar-refractivity contribution in [1.29, 1.82) is 0 Å². The highest BCUT2D eigenvalue weighted by Crippen LogP contribution is 2.52. The number of carbonyl (C=O) groups is 1. The van der Waals surface area contributed by atoms with Crippen molar-refractivity contribution in [2.24, 2.45) is 5.41 Å². The molecule has 0 spiro atoms. The number of rotatable bonds is 9. The molecule has 0 radical (unpaired) electrons. The average Bonchev–Trinajstić information content (AvgIpc) is 3.38. The summed E-state index contributed by atoms with van der Waals surface area (Å²) >= 11 is 0. The number of halogens is 1. The van der Waals surface area contributed by atoms with Crippen molar-refractivity contribution >= 4 is 5.97 Å². The van der Waals surface area contributed by atoms with E-state index in [1.807, 2.05) is 18.2 Å². The number of methoxy groups -OCH3 is 1. The molecule has 0 bridgehead atoms. The van der Waals surface area contributed by atoms with Gasteiger partial charge in [0.2, 0.25) is 0 Å². The molecule has 1 aliphatic carbocycles. The molecule has 1 fully saturated rings. The van der Waals surface area contributed by atoms with Gasteiger partial charge in [0.25, 0.3) is 0 Å². The van der Waals surface area contributed by atoms with Gasteiger partial charge in [0, 0.05) is 24.0 Å². The molecule has 3 aromatic rings. The third kappa shape index (κ3) is 5.16. The maximum absolute atomic E-state index is 14.9. The molecule has 34 heavy (non-hydrogen) atoms. The fourth-order valence-corrected chi connectivity index (χ4v) is 5.19. The summed E-state index contributed by atoms with van der Waals surface area (Å²) in [6, 6.07) is 12.7. The molecule has 4 rings (SSSR count). The van der Waals surface area contributed by atoms with Crippen LogP contribution in [0.3, 0.4) is 0 Å². The minimum atomic E-state index is -0.798. The number of ether oxygens (including phenoxy) is 1. The van der Waals surface area contributed by atoms with Crippen LogP contribution in [-0.2, 0) is 24.1 Å². The van der Waals surface area contributed by atoms with E-state index in [0.717, 1.165) is 48.1 Å². The third-order valence-corrected chi connectivity index (χ3v) is 7.10. The Morgan fingerprint density at radius 1 is 1.18 bits per heavy atom. The maximum Gasteiger partial charge on any atom is 0.303 e. The first kappa shape index (κ1) is 24.0. The summed E-state index contributed by atoms with van der Waals surface area (Å²) in [5, 5.41) is 13.3. The molecule has 2 aromatic carbocycles. The van der Waals surface area contributed by atoms with E-state index in [9.17, 15) is 9.18 Å². The Balaban J connectivity index is 1.66. The van der Waals surface area contributed by atoms with Crippen LogP contribution in [0.2, 0.25) is 0 Å². The molecule has 0 saturated heterocycles. The smallest absolute Gasteiger partial charge is 0.303 e. The van der Waals surface area contributed by atoms with Crippen LogP contribution in [-0.4, -0.2) is 23.3 Å². The molecule has 1 aliphatic rings. The molecule has 1 N–H and O–H groups in total. The summed E-state index contributed by atoms with van der Waals surface area (Å²) in [7, 11) is 1.57. The number of benzene rings is 2. The lowest BCUT2D eigenvalue weighted by Crippen LogP contribution is -2.17. The van der Waals surface area contributed by atoms with Gasteiger partial charge in [0.15, 0.2) is 0 Å². The molecule has 1 atom stereocenters. The minimum Gasteiger partial charge on any atom is -0.497 e. The van der Waals surface area contributed by atoms with Gasteiger partial charge in [-0.1, -0.05) is 49.7 Å². The second-order valence-corrected chi connectivity index (χ2v) is 9.86. The predicted molar refractivity (Wildman–Crippen MR) is 129 cm³/mol. The monoisotopic (exact) mass is 465 g/mol. The van der Waals surface area contributed by atoms with Gasteiger partial charge in [0.05, 0.1) is 7.11 Å². The van der Waals surface area contributed by atoms with Crippen molar-refractivity contribution in [2.75, 3.05) is 7.11 Å². The number of nitrogens with zero attached hydrogens (tertiary/aromatic N) is 1. The van der Waals surface area contributed by atoms with Crippen LogP contribution in [0.4, 0.5) is 4.39 Å². The third-order valence-electron chi connectivity index (χ3n) is 7.10. The zero-order valence-electron chi connectivity index (χ0n) is 20.1. The normalized spacial score (nSPS) is 17.1. The van der Waals surface area contributed by atoms with Crippen LogP contribution in [0, 0.1) is 11.2 Å². The van der Waals surface area contributed by atoms with Crippen molar-refractivity contribution in [3.63, 3.8) is 0 Å². The number of carboxylic acid groups (broad SMARTS) is 1. The maximum atomic E-state index is 14.9. The quantitative estimate of drug-likeness (QED) is 0.386. The van der Waals surface area contributed by atoms with Gasteiger partial charge in [-0.25, -0.2) is 4.39 Å². The van der Waals surface area contributed by atoms with Crippen LogP contribution in [0.1, 0.15) is 67.9 Å². The van der Waals surface area contributed by atoms with Crippen LogP contribution >= 0.6 is 0 Å². The predicted octanol–water partition coefficient (Wildman–Crippen LogP) is 6.59. The second kappa shape index (κ2) is 10.00. The number of aromatic nitrogens is 1. The first-order chi connectivity index (χ1) is 16.3. The van der Waals surface area contributed by atoms with Crippen LogP contribution < -0.4 is 4.74 Å². The Labute approximate surface area is 199 Å². The summed E-state index contributed by atoms with van der Waals surface area (Å²) in [6.07, 6.45) is 5.24. The van der Waals surface area contributed by atoms with Crippen LogP contribution in [0.25, 0.3) is 11.3 Å². The first-order valence-electron chi connectivity index (χ1n) is 11.9. The van der Waals surface area contributed by atoms with Gasteiger partial charge in [-0.15, -0.1) is 0 Å². The van der Waals surface area contributed by atoms with E-state index in [0.29, 0.717) is 29.8 Å². The van der Waals surface area contributed by atoms with E-state index in [-0.39, 0.29) is 23.6 Å². The molecular weight excluding hydrogens is 433 g/mol. The number of hydrogen-bond acceptors (Lipinski definition) is 4. The summed E-state index contributed by atoms with van der Waals surface area (Å²) in [4.78, 5) is 10.9. The number of aliphatic carboxylic acids is 1. The molecule has 1 unspecified atom stereocenters. The topological polar surface area (TPSA) is 72.6 Å². The molecule has 1 heterocycles. The Morgan fingerprint density at radius 2 is 1.94 bits per heavy atom. The molecule has 0 amide bonds. The van der Waals surface area contributed by atoms with E-state index >= 15 is 0 Å². The number of carboxylic acids is 1. The largest absolute Gasteiger partial charge is 0.497 e. The standard InChI is InChI=1S/C28H32FNO4/c1-28(2)15-5-8-22(28)26-24(13-9-18-6-4-7-19(16-18)10-14-25(31)32)34-30-27(26)21-17-20(33-3)11-12-23(21)29/h4,6-7,11-12,16-17,22H,5,8-10,13-15H2,1-3H3,(H,31,32). The van der Waals surface area contributed by atoms with Gasteiger partial charge in [0.1, 0.15) is 23.0 Å². The Morgan fingerprint density at radius 3 is 2.62 bits per heavy atom. The van der Waals surface area contributed by atoms with Crippen LogP contribution in [0.5, 0.6) is 5.75 Å². The molecule has 1 saturated carbocycles. The lowest BCUT2D eigenvalue weighted by atomic mass is 9.76. The highest BCUT2D eigenvalue weighted by Gasteiger charge is 2.40. The zero-order valence-corrected chi connectivity index (χ0v) is 20.1. The number of hydrogen-bond donors (Lipinski definition) is 1. The van der Waals surface area contributed by atoms with Gasteiger partial charge >= 0.3 is 5.97 Å². The van der Waals surface area contributed by atoms with Gasteiger partial charge < -0.3 is 14.4 Å². The van der Waals surface area contributed by atoms with Crippen molar-refractivity contribution in [3.05, 3.63) is 70.7 Å². The fraction of sp³-hybridized carbons (Fsp3) is 0.429. The minimum absolute atomic E-state index is 0.0706. The molecule has 1 aromatic heterocycles. The first-order valence-corrected chi connectivity index (χ1v) is 11.9. The van der Waals surface area contributed by atoms with E-state index in [4.69, 9.17) is 14.4 Å². The molecule has 6 heteroatoms. The zero-order chi connectivity index (χ0) is 24.3. The summed E-state index contributed by atoms with van der Waals surface area (Å²) in [5.74, 6) is 0.470. The Hall–Kier alpha value is -3.15. The van der Waals surface area contributed by atoms with E-state index < -0.39 is 5.97 Å². The SMILES string of the molecule is COc1ccc(F)c(-c2noc(CCc3cccc(CCC(=O)O)c3)c2C2CCCC2(C)C)c1. The summed E-state index contributed by atoms with van der Waals surface area (Å²) in [6.45, 7) is 4.53. The summed E-state index contributed by atoms with van der Waals surface area (Å²) in [5.41, 5.74) is 4.18. The van der Waals surface area contributed by atoms with Crippen LogP contribution in [0.15, 0.2) is 47.0 Å². The average molecular weight is 466 g/mol. The lowest BCUT2D eigenvalue weighted by Gasteiger charge is -2.27. The molecule has 180 valence electrons. The second-order valence-electron chi connectivity index (χ2n) is 9.86. The molecular formula is C28H32FNO4. The van der Waals surface area contributed by atoms with Crippen molar-refractivity contribution < 1.29 is 23.6 Å². The lowest BCUT2D eigenvalue weighted by molar-refractivity contribution is -0.136. The van der Waals surface area contributed by atoms with Gasteiger partial charge in [-0.2, -0.15) is 0 Å². The molecule has 5 nitrogen and oxygen atoms in total. The van der Waals surface area contributed by atoms with E-state index in [1.165, 1.54) is 6.07 Å². The van der Waals surface area contributed by atoms with Crippen molar-refractivity contribution in [1.82, 2.24) is 5.16 Å². The van der Waals surface area contributed by atoms with E-state index in [1.54, 1.807) is 19.2 Å². The highest BCUT2D eigenvalue weighted by atomic mass is 19.1. The Bertz CT molecular complexity index is 1170. The summed E-state index contributed by atoms with van der Waals surface area (Å²) < 4.78 is 26.1.